The molecule has 5 aromatic carbocycles. The molecule has 174 valence electrons. The minimum Gasteiger partial charge on any atom is -0.294 e. The topological polar surface area (TPSA) is 29.0 Å². The van der Waals surface area contributed by atoms with Crippen LogP contribution in [0.4, 0.5) is 17.2 Å². The second kappa shape index (κ2) is 8.89. The first-order chi connectivity index (χ1) is 18.4. The van der Waals surface area contributed by atoms with Crippen LogP contribution >= 0.6 is 0 Å². The maximum atomic E-state index is 5.14. The van der Waals surface area contributed by atoms with Crippen molar-refractivity contribution < 1.29 is 0 Å². The summed E-state index contributed by atoms with van der Waals surface area (Å²) >= 11 is 0. The first kappa shape index (κ1) is 21.3. The summed E-state index contributed by atoms with van der Waals surface area (Å²) in [7, 11) is 0. The molecule has 0 radical (unpaired) electrons. The molecule has 2 heterocycles. The molecule has 0 aliphatic carbocycles. The third-order valence-corrected chi connectivity index (χ3v) is 6.87. The second-order valence-electron chi connectivity index (χ2n) is 9.06. The van der Waals surface area contributed by atoms with E-state index >= 15 is 0 Å². The minimum atomic E-state index is 0.880. The van der Waals surface area contributed by atoms with Crippen LogP contribution < -0.4 is 4.90 Å². The number of rotatable bonds is 4. The second-order valence-corrected chi connectivity index (χ2v) is 9.06. The zero-order valence-corrected chi connectivity index (χ0v) is 20.1. The summed E-state index contributed by atoms with van der Waals surface area (Å²) in [6, 6.07) is 46.4. The van der Waals surface area contributed by atoms with Crippen molar-refractivity contribution in [3.8, 4) is 11.3 Å². The summed E-state index contributed by atoms with van der Waals surface area (Å²) in [6.07, 6.45) is 1.86. The highest BCUT2D eigenvalue weighted by Crippen LogP contribution is 2.47. The van der Waals surface area contributed by atoms with Gasteiger partial charge in [-0.3, -0.25) is 9.88 Å². The molecule has 0 N–H and O–H groups in total. The van der Waals surface area contributed by atoms with E-state index in [-0.39, 0.29) is 0 Å². The fourth-order valence-electron chi connectivity index (χ4n) is 5.27. The van der Waals surface area contributed by atoms with E-state index in [9.17, 15) is 0 Å². The average molecular weight is 474 g/mol. The van der Waals surface area contributed by atoms with E-state index in [0.29, 0.717) is 0 Å². The van der Waals surface area contributed by atoms with Gasteiger partial charge in [0.25, 0.3) is 0 Å². The summed E-state index contributed by atoms with van der Waals surface area (Å²) in [5.41, 5.74) is 5.26. The van der Waals surface area contributed by atoms with Crippen molar-refractivity contribution in [2.45, 2.75) is 0 Å². The van der Waals surface area contributed by atoms with Crippen LogP contribution in [0, 0.1) is 0 Å². The van der Waals surface area contributed by atoms with Gasteiger partial charge in [-0.15, -0.1) is 0 Å². The fourth-order valence-corrected chi connectivity index (χ4v) is 5.27. The number of hydrogen-bond acceptors (Lipinski definition) is 3. The van der Waals surface area contributed by atoms with Gasteiger partial charge < -0.3 is 0 Å². The molecule has 0 amide bonds. The molecule has 0 saturated heterocycles. The van der Waals surface area contributed by atoms with Gasteiger partial charge in [-0.2, -0.15) is 0 Å². The number of anilines is 3. The van der Waals surface area contributed by atoms with Crippen LogP contribution in [0.25, 0.3) is 43.7 Å². The van der Waals surface area contributed by atoms with E-state index < -0.39 is 0 Å². The normalized spacial score (nSPS) is 11.2. The molecule has 0 aliphatic heterocycles. The number of fused-ring (bicyclic) bond motifs is 3. The molecular weight excluding hydrogens is 450 g/mol. The van der Waals surface area contributed by atoms with Crippen molar-refractivity contribution in [1.29, 1.82) is 0 Å². The van der Waals surface area contributed by atoms with Crippen molar-refractivity contribution in [3.05, 3.63) is 140 Å². The largest absolute Gasteiger partial charge is 0.294 e. The molecular formula is C34H23N3. The van der Waals surface area contributed by atoms with E-state index in [4.69, 9.17) is 9.97 Å². The lowest BCUT2D eigenvalue weighted by molar-refractivity contribution is 1.22. The molecule has 0 atom stereocenters. The van der Waals surface area contributed by atoms with E-state index in [0.717, 1.165) is 60.9 Å². The molecule has 7 rings (SSSR count). The molecule has 0 fully saturated rings. The predicted molar refractivity (Wildman–Crippen MR) is 155 cm³/mol. The van der Waals surface area contributed by atoms with Gasteiger partial charge in [0.15, 0.2) is 0 Å². The molecule has 0 aliphatic rings. The highest BCUT2D eigenvalue weighted by molar-refractivity contribution is 6.22. The molecule has 0 unspecified atom stereocenters. The highest BCUT2D eigenvalue weighted by Gasteiger charge is 2.22. The lowest BCUT2D eigenvalue weighted by Crippen LogP contribution is -2.13. The van der Waals surface area contributed by atoms with Gasteiger partial charge in [-0.1, -0.05) is 91.0 Å². The lowest BCUT2D eigenvalue weighted by atomic mass is 9.92. The Morgan fingerprint density at radius 1 is 0.486 bits per heavy atom. The Bertz CT molecular complexity index is 1820. The summed E-state index contributed by atoms with van der Waals surface area (Å²) < 4.78 is 0. The number of hydrogen-bond donors (Lipinski definition) is 0. The van der Waals surface area contributed by atoms with Crippen molar-refractivity contribution in [3.63, 3.8) is 0 Å². The van der Waals surface area contributed by atoms with Gasteiger partial charge in [0.2, 0.25) is 0 Å². The Morgan fingerprint density at radius 3 is 1.81 bits per heavy atom. The Labute approximate surface area is 215 Å². The number of benzene rings is 5. The van der Waals surface area contributed by atoms with Crippen LogP contribution in [-0.4, -0.2) is 9.97 Å². The minimum absolute atomic E-state index is 0.880. The van der Waals surface area contributed by atoms with Crippen LogP contribution in [-0.2, 0) is 0 Å². The van der Waals surface area contributed by atoms with E-state index in [2.05, 4.69) is 126 Å². The van der Waals surface area contributed by atoms with Crippen molar-refractivity contribution in [2.24, 2.45) is 0 Å². The molecule has 3 nitrogen and oxygen atoms in total. The molecule has 2 aromatic heterocycles. The van der Waals surface area contributed by atoms with Crippen molar-refractivity contribution >= 4 is 49.6 Å². The molecule has 3 heteroatoms. The van der Waals surface area contributed by atoms with E-state index in [1.54, 1.807) is 0 Å². The van der Waals surface area contributed by atoms with Crippen molar-refractivity contribution in [1.82, 2.24) is 9.97 Å². The number of para-hydroxylation sites is 2. The van der Waals surface area contributed by atoms with Crippen molar-refractivity contribution in [2.75, 3.05) is 4.90 Å². The van der Waals surface area contributed by atoms with Gasteiger partial charge in [-0.25, -0.2) is 4.98 Å². The van der Waals surface area contributed by atoms with Gasteiger partial charge in [0.1, 0.15) is 5.82 Å². The summed E-state index contributed by atoms with van der Waals surface area (Å²) in [6.45, 7) is 0. The smallest absolute Gasteiger partial charge is 0.138 e. The Hall–Kier alpha value is -5.02. The van der Waals surface area contributed by atoms with Crippen LogP contribution in [0.1, 0.15) is 0 Å². The Balaban J connectivity index is 1.62. The summed E-state index contributed by atoms with van der Waals surface area (Å²) in [5.74, 6) is 0.880. The van der Waals surface area contributed by atoms with Crippen LogP contribution in [0.2, 0.25) is 0 Å². The predicted octanol–water partition coefficient (Wildman–Crippen LogP) is 9.07. The van der Waals surface area contributed by atoms with Crippen LogP contribution in [0.15, 0.2) is 140 Å². The summed E-state index contributed by atoms with van der Waals surface area (Å²) in [4.78, 5) is 12.2. The van der Waals surface area contributed by atoms with E-state index in [1.165, 1.54) is 0 Å². The Morgan fingerprint density at radius 2 is 1.11 bits per heavy atom. The van der Waals surface area contributed by atoms with Gasteiger partial charge in [0, 0.05) is 33.6 Å². The molecule has 7 aromatic rings. The number of nitrogens with zero attached hydrogens (tertiary/aromatic N) is 3. The third kappa shape index (κ3) is 3.60. The van der Waals surface area contributed by atoms with Crippen LogP contribution in [0.3, 0.4) is 0 Å². The summed E-state index contributed by atoms with van der Waals surface area (Å²) in [5, 5.41) is 5.76. The first-order valence-electron chi connectivity index (χ1n) is 12.4. The maximum Gasteiger partial charge on any atom is 0.138 e. The fraction of sp³-hybridized carbons (Fsp3) is 0. The monoisotopic (exact) mass is 473 g/mol. The van der Waals surface area contributed by atoms with Gasteiger partial charge in [-0.05, 0) is 53.2 Å². The Kier molecular flexibility index (Phi) is 5.11. The first-order valence-corrected chi connectivity index (χ1v) is 12.4. The standard InChI is InChI=1S/C34H23N3/c1-2-13-25(14-3-1)37(32-22-21-24-12-4-9-19-30(24)36-32)34-28-17-7-5-15-26(28)33(31-20-10-11-23-35-31)27-16-6-8-18-29(27)34/h1-23H. The zero-order valence-electron chi connectivity index (χ0n) is 20.1. The lowest BCUT2D eigenvalue weighted by Gasteiger charge is -2.28. The quantitative estimate of drug-likeness (QED) is 0.239. The van der Waals surface area contributed by atoms with Gasteiger partial charge in [0.05, 0.1) is 16.9 Å². The highest BCUT2D eigenvalue weighted by atomic mass is 15.2. The van der Waals surface area contributed by atoms with Gasteiger partial charge >= 0.3 is 0 Å². The maximum absolute atomic E-state index is 5.14. The zero-order chi connectivity index (χ0) is 24.6. The number of pyridine rings is 2. The van der Waals surface area contributed by atoms with Crippen LogP contribution in [0.5, 0.6) is 0 Å². The SMILES string of the molecule is c1ccc(N(c2ccc3ccccc3n2)c2c3ccccc3c(-c3ccccn3)c3ccccc23)cc1. The van der Waals surface area contributed by atoms with E-state index in [1.807, 2.05) is 18.3 Å². The molecule has 0 saturated carbocycles. The average Bonchev–Trinajstić information content (AvgIpc) is 2.98. The number of aromatic nitrogens is 2. The molecule has 37 heavy (non-hydrogen) atoms. The molecule has 0 spiro atoms. The third-order valence-electron chi connectivity index (χ3n) is 6.87. The molecule has 0 bridgehead atoms.